The van der Waals surface area contributed by atoms with E-state index in [1.807, 2.05) is 14.0 Å². The molecule has 0 aromatic carbocycles. The molecule has 0 radical (unpaired) electrons. The number of aromatic nitrogens is 3. The standard InChI is InChI=1S/C11H12N4O2/c1-7-10(6-15(2)14-7)13-9-3-4-12-5-8(9)11(16)17/h3-6H,1-2H3,(H,12,13)(H,16,17). The molecule has 6 nitrogen and oxygen atoms in total. The fourth-order valence-electron chi connectivity index (χ4n) is 1.54. The summed E-state index contributed by atoms with van der Waals surface area (Å²) in [5.74, 6) is -1.01. The summed E-state index contributed by atoms with van der Waals surface area (Å²) in [5.41, 5.74) is 2.22. The lowest BCUT2D eigenvalue weighted by Crippen LogP contribution is -2.03. The highest BCUT2D eigenvalue weighted by Gasteiger charge is 2.11. The van der Waals surface area contributed by atoms with Crippen molar-refractivity contribution in [3.05, 3.63) is 35.9 Å². The number of anilines is 2. The molecule has 0 unspecified atom stereocenters. The van der Waals surface area contributed by atoms with E-state index in [4.69, 9.17) is 5.11 Å². The quantitative estimate of drug-likeness (QED) is 0.839. The van der Waals surface area contributed by atoms with Crippen LogP contribution in [0.5, 0.6) is 0 Å². The van der Waals surface area contributed by atoms with Crippen LogP contribution in [-0.2, 0) is 7.05 Å². The van der Waals surface area contributed by atoms with E-state index in [0.29, 0.717) is 5.69 Å². The summed E-state index contributed by atoms with van der Waals surface area (Å²) in [6.45, 7) is 1.85. The van der Waals surface area contributed by atoms with Crippen molar-refractivity contribution in [2.75, 3.05) is 5.32 Å². The first kappa shape index (κ1) is 11.1. The summed E-state index contributed by atoms with van der Waals surface area (Å²) in [6, 6.07) is 1.62. The average Bonchev–Trinajstić information content (AvgIpc) is 2.58. The van der Waals surface area contributed by atoms with E-state index >= 15 is 0 Å². The Kier molecular flexibility index (Phi) is 2.78. The molecule has 0 fully saturated rings. The van der Waals surface area contributed by atoms with Crippen LogP contribution in [0.25, 0.3) is 0 Å². The van der Waals surface area contributed by atoms with Crippen LogP contribution in [-0.4, -0.2) is 25.8 Å². The van der Waals surface area contributed by atoms with E-state index in [9.17, 15) is 4.79 Å². The summed E-state index contributed by atoms with van der Waals surface area (Å²) in [5, 5.41) is 16.2. The van der Waals surface area contributed by atoms with Gasteiger partial charge in [0, 0.05) is 25.6 Å². The van der Waals surface area contributed by atoms with Crippen molar-refractivity contribution in [2.24, 2.45) is 7.05 Å². The molecule has 0 aliphatic rings. The minimum atomic E-state index is -1.01. The smallest absolute Gasteiger partial charge is 0.339 e. The van der Waals surface area contributed by atoms with Crippen LogP contribution in [0, 0.1) is 6.92 Å². The van der Waals surface area contributed by atoms with Crippen LogP contribution in [0.2, 0.25) is 0 Å². The van der Waals surface area contributed by atoms with Gasteiger partial charge in [0.1, 0.15) is 5.56 Å². The Bertz CT molecular complexity index is 562. The van der Waals surface area contributed by atoms with Gasteiger partial charge in [0.25, 0.3) is 0 Å². The van der Waals surface area contributed by atoms with E-state index < -0.39 is 5.97 Å². The second-order valence-electron chi connectivity index (χ2n) is 3.65. The molecule has 0 aliphatic carbocycles. The number of hydrogen-bond acceptors (Lipinski definition) is 4. The number of carboxylic acids is 1. The maximum absolute atomic E-state index is 11.0. The summed E-state index contributed by atoms with van der Waals surface area (Å²) < 4.78 is 1.67. The molecule has 2 heterocycles. The van der Waals surface area contributed by atoms with Crippen LogP contribution in [0.4, 0.5) is 11.4 Å². The normalized spacial score (nSPS) is 10.2. The Morgan fingerprint density at radius 3 is 2.82 bits per heavy atom. The second-order valence-corrected chi connectivity index (χ2v) is 3.65. The van der Waals surface area contributed by atoms with Gasteiger partial charge in [0.05, 0.1) is 17.1 Å². The lowest BCUT2D eigenvalue weighted by atomic mass is 10.2. The van der Waals surface area contributed by atoms with Crippen LogP contribution >= 0.6 is 0 Å². The molecule has 2 N–H and O–H groups in total. The van der Waals surface area contributed by atoms with Crippen molar-refractivity contribution in [1.29, 1.82) is 0 Å². The Morgan fingerprint density at radius 1 is 1.47 bits per heavy atom. The molecule has 0 saturated heterocycles. The highest BCUT2D eigenvalue weighted by Crippen LogP contribution is 2.21. The van der Waals surface area contributed by atoms with Gasteiger partial charge in [-0.25, -0.2) is 4.79 Å². The lowest BCUT2D eigenvalue weighted by Gasteiger charge is -2.07. The zero-order valence-corrected chi connectivity index (χ0v) is 9.51. The van der Waals surface area contributed by atoms with Crippen LogP contribution in [0.15, 0.2) is 24.7 Å². The number of nitrogens with one attached hydrogen (secondary N) is 1. The van der Waals surface area contributed by atoms with Gasteiger partial charge in [0.15, 0.2) is 0 Å². The molecule has 0 atom stereocenters. The molecule has 6 heteroatoms. The number of pyridine rings is 1. The minimum Gasteiger partial charge on any atom is -0.478 e. The molecule has 17 heavy (non-hydrogen) atoms. The maximum Gasteiger partial charge on any atom is 0.339 e. The van der Waals surface area contributed by atoms with Crippen molar-refractivity contribution < 1.29 is 9.90 Å². The first-order chi connectivity index (χ1) is 8.08. The number of nitrogens with zero attached hydrogens (tertiary/aromatic N) is 3. The predicted molar refractivity (Wildman–Crippen MR) is 62.4 cm³/mol. The first-order valence-corrected chi connectivity index (χ1v) is 5.02. The third-order valence-corrected chi connectivity index (χ3v) is 2.33. The summed E-state index contributed by atoms with van der Waals surface area (Å²) in [4.78, 5) is 14.8. The highest BCUT2D eigenvalue weighted by atomic mass is 16.4. The fraction of sp³-hybridized carbons (Fsp3) is 0.182. The lowest BCUT2D eigenvalue weighted by molar-refractivity contribution is 0.0697. The summed E-state index contributed by atoms with van der Waals surface area (Å²) >= 11 is 0. The van der Waals surface area contributed by atoms with Crippen molar-refractivity contribution in [2.45, 2.75) is 6.92 Å². The van der Waals surface area contributed by atoms with Gasteiger partial charge >= 0.3 is 5.97 Å². The average molecular weight is 232 g/mol. The predicted octanol–water partition coefficient (Wildman–Crippen LogP) is 1.57. The third kappa shape index (κ3) is 2.25. The molecule has 0 amide bonds. The van der Waals surface area contributed by atoms with Gasteiger partial charge < -0.3 is 10.4 Å². The summed E-state index contributed by atoms with van der Waals surface area (Å²) in [6.07, 6.45) is 4.65. The van der Waals surface area contributed by atoms with Gasteiger partial charge in [-0.05, 0) is 13.0 Å². The number of carboxylic acid groups (broad SMARTS) is 1. The van der Waals surface area contributed by atoms with E-state index in [2.05, 4.69) is 15.4 Å². The molecule has 0 saturated carbocycles. The molecule has 2 aromatic rings. The Hall–Kier alpha value is -2.37. The molecule has 2 aromatic heterocycles. The Morgan fingerprint density at radius 2 is 2.24 bits per heavy atom. The van der Waals surface area contributed by atoms with E-state index in [1.165, 1.54) is 6.20 Å². The van der Waals surface area contributed by atoms with Gasteiger partial charge in [0.2, 0.25) is 0 Å². The van der Waals surface area contributed by atoms with Gasteiger partial charge in [-0.1, -0.05) is 0 Å². The number of carbonyl (C=O) groups is 1. The van der Waals surface area contributed by atoms with Crippen molar-refractivity contribution in [3.63, 3.8) is 0 Å². The summed E-state index contributed by atoms with van der Waals surface area (Å²) in [7, 11) is 1.81. The van der Waals surface area contributed by atoms with Gasteiger partial charge in [-0.15, -0.1) is 0 Å². The molecule has 0 bridgehead atoms. The van der Waals surface area contributed by atoms with Crippen LogP contribution in [0.1, 0.15) is 16.1 Å². The minimum absolute atomic E-state index is 0.135. The second kappa shape index (κ2) is 4.25. The Balaban J connectivity index is 2.36. The zero-order valence-electron chi connectivity index (χ0n) is 9.51. The third-order valence-electron chi connectivity index (χ3n) is 2.33. The first-order valence-electron chi connectivity index (χ1n) is 5.02. The van der Waals surface area contributed by atoms with Crippen LogP contribution in [0.3, 0.4) is 0 Å². The molecule has 0 aliphatic heterocycles. The van der Waals surface area contributed by atoms with Crippen molar-refractivity contribution in [1.82, 2.24) is 14.8 Å². The monoisotopic (exact) mass is 232 g/mol. The number of aromatic carboxylic acids is 1. The molecule has 2 rings (SSSR count). The topological polar surface area (TPSA) is 80.0 Å². The molecular weight excluding hydrogens is 220 g/mol. The fourth-order valence-corrected chi connectivity index (χ4v) is 1.54. The maximum atomic E-state index is 11.0. The van der Waals surface area contributed by atoms with E-state index in [1.54, 1.807) is 23.1 Å². The Labute approximate surface area is 97.9 Å². The van der Waals surface area contributed by atoms with E-state index in [-0.39, 0.29) is 5.56 Å². The molecular formula is C11H12N4O2. The van der Waals surface area contributed by atoms with Crippen molar-refractivity contribution in [3.8, 4) is 0 Å². The van der Waals surface area contributed by atoms with E-state index in [0.717, 1.165) is 11.4 Å². The number of rotatable bonds is 3. The largest absolute Gasteiger partial charge is 0.478 e. The molecule has 88 valence electrons. The highest BCUT2D eigenvalue weighted by molar-refractivity contribution is 5.94. The van der Waals surface area contributed by atoms with Gasteiger partial charge in [-0.2, -0.15) is 5.10 Å². The van der Waals surface area contributed by atoms with Crippen molar-refractivity contribution >= 4 is 17.3 Å². The van der Waals surface area contributed by atoms with Crippen LogP contribution < -0.4 is 5.32 Å². The van der Waals surface area contributed by atoms with Gasteiger partial charge in [-0.3, -0.25) is 9.67 Å². The number of aryl methyl sites for hydroxylation is 2. The molecule has 0 spiro atoms. The SMILES string of the molecule is Cc1nn(C)cc1Nc1ccncc1C(=O)O. The zero-order chi connectivity index (χ0) is 12.4. The number of hydrogen-bond donors (Lipinski definition) is 2.